The van der Waals surface area contributed by atoms with Crippen molar-refractivity contribution in [3.8, 4) is 0 Å². The molecule has 0 radical (unpaired) electrons. The SMILES string of the molecule is NNc1c(N)ccc2[nH]ccc12. The molecule has 1 aromatic heterocycles. The van der Waals surface area contributed by atoms with Crippen molar-refractivity contribution in [2.24, 2.45) is 5.84 Å². The average Bonchev–Trinajstić information content (AvgIpc) is 2.52. The minimum Gasteiger partial charge on any atom is -0.397 e. The lowest BCUT2D eigenvalue weighted by Crippen LogP contribution is -2.09. The molecule has 0 aliphatic rings. The number of rotatable bonds is 1. The summed E-state index contributed by atoms with van der Waals surface area (Å²) in [5.41, 5.74) is 10.7. The minimum atomic E-state index is 0.657. The summed E-state index contributed by atoms with van der Waals surface area (Å²) in [5, 5.41) is 1.01. The quantitative estimate of drug-likeness (QED) is 0.287. The van der Waals surface area contributed by atoms with Gasteiger partial charge in [-0.2, -0.15) is 0 Å². The zero-order valence-electron chi connectivity index (χ0n) is 6.46. The smallest absolute Gasteiger partial charge is 0.0811 e. The molecule has 0 saturated heterocycles. The number of hydrogen-bond donors (Lipinski definition) is 4. The number of nitrogens with one attached hydrogen (secondary N) is 2. The molecule has 0 unspecified atom stereocenters. The number of nitrogen functional groups attached to an aromatic ring is 2. The van der Waals surface area contributed by atoms with Gasteiger partial charge in [-0.3, -0.25) is 5.84 Å². The van der Waals surface area contributed by atoms with Gasteiger partial charge >= 0.3 is 0 Å². The lowest BCUT2D eigenvalue weighted by atomic mass is 10.2. The Hall–Kier alpha value is -1.68. The monoisotopic (exact) mass is 162 g/mol. The minimum absolute atomic E-state index is 0.657. The van der Waals surface area contributed by atoms with Crippen LogP contribution in [0.1, 0.15) is 0 Å². The second-order valence-electron chi connectivity index (χ2n) is 2.61. The zero-order chi connectivity index (χ0) is 8.55. The van der Waals surface area contributed by atoms with E-state index in [1.54, 1.807) is 0 Å². The molecule has 0 spiro atoms. The molecule has 1 heterocycles. The first-order chi connectivity index (χ1) is 5.83. The van der Waals surface area contributed by atoms with Gasteiger partial charge in [0.2, 0.25) is 0 Å². The molecule has 2 rings (SSSR count). The van der Waals surface area contributed by atoms with Crippen LogP contribution in [0.3, 0.4) is 0 Å². The third-order valence-corrected chi connectivity index (χ3v) is 1.91. The van der Waals surface area contributed by atoms with Gasteiger partial charge in [0.25, 0.3) is 0 Å². The van der Waals surface area contributed by atoms with E-state index in [9.17, 15) is 0 Å². The highest BCUT2D eigenvalue weighted by atomic mass is 15.2. The molecule has 0 fully saturated rings. The van der Waals surface area contributed by atoms with Crippen molar-refractivity contribution in [3.05, 3.63) is 24.4 Å². The fourth-order valence-corrected chi connectivity index (χ4v) is 1.31. The highest BCUT2D eigenvalue weighted by Crippen LogP contribution is 2.27. The molecule has 6 N–H and O–H groups in total. The Kier molecular flexibility index (Phi) is 1.41. The van der Waals surface area contributed by atoms with E-state index in [1.807, 2.05) is 24.4 Å². The van der Waals surface area contributed by atoms with Crippen molar-refractivity contribution in [3.63, 3.8) is 0 Å². The normalized spacial score (nSPS) is 10.4. The topological polar surface area (TPSA) is 79.9 Å². The van der Waals surface area contributed by atoms with Crippen molar-refractivity contribution in [1.82, 2.24) is 4.98 Å². The molecule has 0 atom stereocenters. The highest BCUT2D eigenvalue weighted by molar-refractivity contribution is 5.97. The van der Waals surface area contributed by atoms with Crippen molar-refractivity contribution in [2.75, 3.05) is 11.2 Å². The van der Waals surface area contributed by atoms with Gasteiger partial charge in [-0.05, 0) is 18.2 Å². The van der Waals surface area contributed by atoms with E-state index >= 15 is 0 Å². The number of anilines is 2. The summed E-state index contributed by atoms with van der Waals surface area (Å²) in [5.74, 6) is 5.33. The molecule has 62 valence electrons. The Balaban J connectivity index is 2.83. The first-order valence-corrected chi connectivity index (χ1v) is 3.65. The number of hydrazine groups is 1. The number of H-pyrrole nitrogens is 1. The van der Waals surface area contributed by atoms with Gasteiger partial charge in [-0.15, -0.1) is 0 Å². The van der Waals surface area contributed by atoms with Crippen molar-refractivity contribution < 1.29 is 0 Å². The maximum atomic E-state index is 5.70. The van der Waals surface area contributed by atoms with Gasteiger partial charge < -0.3 is 16.1 Å². The van der Waals surface area contributed by atoms with Crippen molar-refractivity contribution >= 4 is 22.3 Å². The second kappa shape index (κ2) is 2.42. The van der Waals surface area contributed by atoms with Gasteiger partial charge in [0.15, 0.2) is 0 Å². The summed E-state index contributed by atoms with van der Waals surface area (Å²) >= 11 is 0. The molecule has 4 heteroatoms. The largest absolute Gasteiger partial charge is 0.397 e. The number of hydrogen-bond acceptors (Lipinski definition) is 3. The zero-order valence-corrected chi connectivity index (χ0v) is 6.46. The van der Waals surface area contributed by atoms with E-state index in [0.29, 0.717) is 5.69 Å². The van der Waals surface area contributed by atoms with E-state index in [-0.39, 0.29) is 0 Å². The summed E-state index contributed by atoms with van der Waals surface area (Å²) in [7, 11) is 0. The fourth-order valence-electron chi connectivity index (χ4n) is 1.31. The lowest BCUT2D eigenvalue weighted by molar-refractivity contribution is 1.37. The summed E-state index contributed by atoms with van der Waals surface area (Å²) in [6, 6.07) is 5.67. The number of aromatic nitrogens is 1. The van der Waals surface area contributed by atoms with Gasteiger partial charge in [-0.25, -0.2) is 0 Å². The van der Waals surface area contributed by atoms with Crippen LogP contribution in [0.2, 0.25) is 0 Å². The Morgan fingerprint density at radius 1 is 1.25 bits per heavy atom. The molecule has 0 saturated carbocycles. The van der Waals surface area contributed by atoms with Crippen LogP contribution in [-0.4, -0.2) is 4.98 Å². The van der Waals surface area contributed by atoms with Crippen LogP contribution in [0.15, 0.2) is 24.4 Å². The third-order valence-electron chi connectivity index (χ3n) is 1.91. The number of nitrogens with two attached hydrogens (primary N) is 2. The van der Waals surface area contributed by atoms with E-state index in [4.69, 9.17) is 11.6 Å². The molecule has 4 nitrogen and oxygen atoms in total. The summed E-state index contributed by atoms with van der Waals surface area (Å²) < 4.78 is 0. The summed E-state index contributed by atoms with van der Waals surface area (Å²) in [6.07, 6.45) is 1.85. The number of benzene rings is 1. The molecule has 0 amide bonds. The Bertz CT molecular complexity index is 404. The predicted octanol–water partition coefficient (Wildman–Crippen LogP) is 1.04. The van der Waals surface area contributed by atoms with E-state index in [2.05, 4.69) is 10.4 Å². The average molecular weight is 162 g/mol. The molecule has 0 bridgehead atoms. The van der Waals surface area contributed by atoms with Crippen LogP contribution in [0.4, 0.5) is 11.4 Å². The van der Waals surface area contributed by atoms with Gasteiger partial charge in [-0.1, -0.05) is 0 Å². The van der Waals surface area contributed by atoms with E-state index in [1.165, 1.54) is 0 Å². The van der Waals surface area contributed by atoms with E-state index in [0.717, 1.165) is 16.6 Å². The lowest BCUT2D eigenvalue weighted by Gasteiger charge is -2.05. The molecule has 1 aromatic carbocycles. The standard InChI is InChI=1S/C8H10N4/c9-6-1-2-7-5(3-4-11-7)8(6)12-10/h1-4,11-12H,9-10H2. The molecule has 0 aliphatic heterocycles. The molecule has 2 aromatic rings. The number of fused-ring (bicyclic) bond motifs is 1. The van der Waals surface area contributed by atoms with Crippen LogP contribution in [-0.2, 0) is 0 Å². The Labute approximate surface area is 69.5 Å². The first-order valence-electron chi connectivity index (χ1n) is 3.65. The second-order valence-corrected chi connectivity index (χ2v) is 2.61. The van der Waals surface area contributed by atoms with E-state index < -0.39 is 0 Å². The van der Waals surface area contributed by atoms with Crippen LogP contribution in [0, 0.1) is 0 Å². The Morgan fingerprint density at radius 3 is 2.83 bits per heavy atom. The van der Waals surface area contributed by atoms with Gasteiger partial charge in [0.05, 0.1) is 11.4 Å². The predicted molar refractivity (Wildman–Crippen MR) is 50.5 cm³/mol. The summed E-state index contributed by atoms with van der Waals surface area (Å²) in [4.78, 5) is 3.07. The molecule has 0 aliphatic carbocycles. The molecular weight excluding hydrogens is 152 g/mol. The maximum Gasteiger partial charge on any atom is 0.0811 e. The maximum absolute atomic E-state index is 5.70. The van der Waals surface area contributed by atoms with Gasteiger partial charge in [0.1, 0.15) is 0 Å². The third kappa shape index (κ3) is 0.820. The highest BCUT2D eigenvalue weighted by Gasteiger charge is 2.03. The van der Waals surface area contributed by atoms with Crippen LogP contribution in [0.25, 0.3) is 10.9 Å². The molecular formula is C8H10N4. The first kappa shape index (κ1) is 7.00. The summed E-state index contributed by atoms with van der Waals surface area (Å²) in [6.45, 7) is 0. The van der Waals surface area contributed by atoms with Crippen LogP contribution in [0.5, 0.6) is 0 Å². The molecule has 12 heavy (non-hydrogen) atoms. The Morgan fingerprint density at radius 2 is 2.08 bits per heavy atom. The number of aromatic amines is 1. The fraction of sp³-hybridized carbons (Fsp3) is 0. The van der Waals surface area contributed by atoms with Gasteiger partial charge in [0, 0.05) is 17.1 Å². The van der Waals surface area contributed by atoms with Crippen molar-refractivity contribution in [2.45, 2.75) is 0 Å². The van der Waals surface area contributed by atoms with Crippen LogP contribution >= 0.6 is 0 Å². The van der Waals surface area contributed by atoms with Crippen LogP contribution < -0.4 is 17.0 Å². The van der Waals surface area contributed by atoms with Crippen molar-refractivity contribution in [1.29, 1.82) is 0 Å².